The summed E-state index contributed by atoms with van der Waals surface area (Å²) in [5.41, 5.74) is 0.838. The van der Waals surface area contributed by atoms with Gasteiger partial charge in [0.1, 0.15) is 0 Å². The molecule has 0 atom stereocenters. The van der Waals surface area contributed by atoms with Crippen molar-refractivity contribution in [1.29, 1.82) is 0 Å². The van der Waals surface area contributed by atoms with Gasteiger partial charge in [0.15, 0.2) is 0 Å². The average Bonchev–Trinajstić information content (AvgIpc) is 2.33. The molecule has 0 saturated heterocycles. The van der Waals surface area contributed by atoms with Gasteiger partial charge in [-0.25, -0.2) is 0 Å². The molecule has 4 nitrogen and oxygen atoms in total. The van der Waals surface area contributed by atoms with Crippen LogP contribution in [-0.4, -0.2) is 31.2 Å². The Bertz CT molecular complexity index is 375. The van der Waals surface area contributed by atoms with Gasteiger partial charge >= 0.3 is 0 Å². The lowest BCUT2D eigenvalue weighted by Crippen LogP contribution is -2.47. The summed E-state index contributed by atoms with van der Waals surface area (Å²) >= 11 is 0. The van der Waals surface area contributed by atoms with Gasteiger partial charge in [0.05, 0.1) is 12.6 Å². The van der Waals surface area contributed by atoms with Crippen LogP contribution in [0.3, 0.4) is 0 Å². The smallest absolute Gasteiger partial charge is 0.238 e. The van der Waals surface area contributed by atoms with Crippen LogP contribution in [0.5, 0.6) is 0 Å². The van der Waals surface area contributed by atoms with Crippen LogP contribution in [0.1, 0.15) is 19.8 Å². The van der Waals surface area contributed by atoms with E-state index in [1.165, 1.54) is 0 Å². The molecule has 98 valence electrons. The number of anilines is 1. The zero-order chi connectivity index (χ0) is 12.8. The largest absolute Gasteiger partial charge is 0.378 e. The van der Waals surface area contributed by atoms with E-state index in [9.17, 15) is 4.79 Å². The van der Waals surface area contributed by atoms with Crippen molar-refractivity contribution in [3.8, 4) is 0 Å². The number of hydrogen-bond donors (Lipinski definition) is 2. The van der Waals surface area contributed by atoms with E-state index < -0.39 is 0 Å². The molecule has 1 aliphatic carbocycles. The number of nitrogens with one attached hydrogen (secondary N) is 2. The standard InChI is InChI=1S/C14H20N2O2/c1-2-18-13-8-12(9-13)15-10-14(17)16-11-6-4-3-5-7-11/h3-7,12-13,15H,2,8-10H2,1H3,(H,16,17). The molecule has 0 heterocycles. The van der Waals surface area contributed by atoms with Gasteiger partial charge in [-0.3, -0.25) is 4.79 Å². The van der Waals surface area contributed by atoms with Crippen LogP contribution in [0.15, 0.2) is 30.3 Å². The molecule has 1 saturated carbocycles. The number of benzene rings is 1. The molecule has 0 aliphatic heterocycles. The van der Waals surface area contributed by atoms with Crippen LogP contribution in [0.25, 0.3) is 0 Å². The lowest BCUT2D eigenvalue weighted by Gasteiger charge is -2.35. The third kappa shape index (κ3) is 3.82. The number of rotatable bonds is 6. The minimum atomic E-state index is 0.000981. The van der Waals surface area contributed by atoms with E-state index in [2.05, 4.69) is 10.6 Å². The SMILES string of the molecule is CCOC1CC(NCC(=O)Nc2ccccc2)C1. The van der Waals surface area contributed by atoms with Crippen molar-refractivity contribution in [2.45, 2.75) is 31.9 Å². The lowest BCUT2D eigenvalue weighted by atomic mass is 9.89. The normalized spacial score (nSPS) is 22.3. The fourth-order valence-electron chi connectivity index (χ4n) is 2.07. The van der Waals surface area contributed by atoms with Crippen LogP contribution >= 0.6 is 0 Å². The second kappa shape index (κ2) is 6.52. The molecule has 1 aromatic carbocycles. The number of para-hydroxylation sites is 1. The van der Waals surface area contributed by atoms with Crippen LogP contribution in [0, 0.1) is 0 Å². The van der Waals surface area contributed by atoms with Gasteiger partial charge in [-0.05, 0) is 31.9 Å². The first kappa shape index (κ1) is 13.1. The number of amides is 1. The Morgan fingerprint density at radius 1 is 1.33 bits per heavy atom. The Morgan fingerprint density at radius 2 is 2.06 bits per heavy atom. The molecule has 1 fully saturated rings. The van der Waals surface area contributed by atoms with Crippen LogP contribution in [0.4, 0.5) is 5.69 Å². The van der Waals surface area contributed by atoms with Crippen molar-refractivity contribution in [3.05, 3.63) is 30.3 Å². The molecule has 2 N–H and O–H groups in total. The highest BCUT2D eigenvalue weighted by Crippen LogP contribution is 2.22. The van der Waals surface area contributed by atoms with Crippen molar-refractivity contribution >= 4 is 11.6 Å². The van der Waals surface area contributed by atoms with Gasteiger partial charge in [-0.2, -0.15) is 0 Å². The summed E-state index contributed by atoms with van der Waals surface area (Å²) in [6.07, 6.45) is 2.39. The van der Waals surface area contributed by atoms with Gasteiger partial charge in [0.2, 0.25) is 5.91 Å². The second-order valence-electron chi connectivity index (χ2n) is 4.54. The highest BCUT2D eigenvalue weighted by Gasteiger charge is 2.29. The maximum atomic E-state index is 11.7. The molecule has 0 bridgehead atoms. The zero-order valence-corrected chi connectivity index (χ0v) is 10.7. The predicted molar refractivity (Wildman–Crippen MR) is 71.5 cm³/mol. The highest BCUT2D eigenvalue weighted by molar-refractivity contribution is 5.92. The maximum Gasteiger partial charge on any atom is 0.238 e. The molecule has 4 heteroatoms. The fourth-order valence-corrected chi connectivity index (χ4v) is 2.07. The molecule has 18 heavy (non-hydrogen) atoms. The van der Waals surface area contributed by atoms with Crippen LogP contribution in [-0.2, 0) is 9.53 Å². The van der Waals surface area contributed by atoms with E-state index in [1.807, 2.05) is 37.3 Å². The molecular weight excluding hydrogens is 228 g/mol. The minimum absolute atomic E-state index is 0.000981. The summed E-state index contributed by atoms with van der Waals surface area (Å²) in [6.45, 7) is 3.14. The first-order chi connectivity index (χ1) is 8.78. The van der Waals surface area contributed by atoms with E-state index in [-0.39, 0.29) is 5.91 Å². The van der Waals surface area contributed by atoms with E-state index in [4.69, 9.17) is 4.74 Å². The zero-order valence-electron chi connectivity index (χ0n) is 10.7. The number of ether oxygens (including phenoxy) is 1. The van der Waals surface area contributed by atoms with Gasteiger partial charge in [0.25, 0.3) is 0 Å². The Hall–Kier alpha value is -1.39. The first-order valence-corrected chi connectivity index (χ1v) is 6.48. The summed E-state index contributed by atoms with van der Waals surface area (Å²) in [6, 6.07) is 9.92. The van der Waals surface area contributed by atoms with Gasteiger partial charge in [-0.1, -0.05) is 18.2 Å². The number of hydrogen-bond acceptors (Lipinski definition) is 3. The first-order valence-electron chi connectivity index (χ1n) is 6.48. The van der Waals surface area contributed by atoms with E-state index >= 15 is 0 Å². The molecule has 0 aromatic heterocycles. The maximum absolute atomic E-state index is 11.7. The summed E-state index contributed by atoms with van der Waals surface area (Å²) in [7, 11) is 0. The van der Waals surface area contributed by atoms with E-state index in [0.29, 0.717) is 18.7 Å². The summed E-state index contributed by atoms with van der Waals surface area (Å²) < 4.78 is 5.47. The van der Waals surface area contributed by atoms with Crippen molar-refractivity contribution in [3.63, 3.8) is 0 Å². The number of carbonyl (C=O) groups is 1. The summed E-state index contributed by atoms with van der Waals surface area (Å²) in [5, 5.41) is 6.08. The third-order valence-electron chi connectivity index (χ3n) is 3.11. The van der Waals surface area contributed by atoms with Gasteiger partial charge in [0, 0.05) is 18.3 Å². The summed E-state index contributed by atoms with van der Waals surface area (Å²) in [4.78, 5) is 11.7. The minimum Gasteiger partial charge on any atom is -0.378 e. The monoisotopic (exact) mass is 248 g/mol. The van der Waals surface area contributed by atoms with Crippen molar-refractivity contribution in [2.75, 3.05) is 18.5 Å². The number of carbonyl (C=O) groups excluding carboxylic acids is 1. The summed E-state index contributed by atoms with van der Waals surface area (Å²) in [5.74, 6) is 0.000981. The van der Waals surface area contributed by atoms with Crippen LogP contribution < -0.4 is 10.6 Å². The van der Waals surface area contributed by atoms with Crippen molar-refractivity contribution in [1.82, 2.24) is 5.32 Å². The Kier molecular flexibility index (Phi) is 4.73. The molecular formula is C14H20N2O2. The third-order valence-corrected chi connectivity index (χ3v) is 3.11. The van der Waals surface area contributed by atoms with Crippen molar-refractivity contribution in [2.24, 2.45) is 0 Å². The molecule has 0 radical (unpaired) electrons. The topological polar surface area (TPSA) is 50.4 Å². The molecule has 0 unspecified atom stereocenters. The fraction of sp³-hybridized carbons (Fsp3) is 0.500. The molecule has 1 aromatic rings. The van der Waals surface area contributed by atoms with Gasteiger partial charge in [-0.15, -0.1) is 0 Å². The van der Waals surface area contributed by atoms with Crippen LogP contribution in [0.2, 0.25) is 0 Å². The average molecular weight is 248 g/mol. The molecule has 0 spiro atoms. The van der Waals surface area contributed by atoms with Crippen molar-refractivity contribution < 1.29 is 9.53 Å². The Labute approximate surface area is 108 Å². The highest BCUT2D eigenvalue weighted by atomic mass is 16.5. The molecule has 1 aliphatic rings. The van der Waals surface area contributed by atoms with E-state index in [0.717, 1.165) is 25.1 Å². The van der Waals surface area contributed by atoms with Gasteiger partial charge < -0.3 is 15.4 Å². The molecule has 2 rings (SSSR count). The quantitative estimate of drug-likeness (QED) is 0.807. The predicted octanol–water partition coefficient (Wildman–Crippen LogP) is 1.78. The second-order valence-corrected chi connectivity index (χ2v) is 4.54. The van der Waals surface area contributed by atoms with E-state index in [1.54, 1.807) is 0 Å². The molecule has 1 amide bonds. The Morgan fingerprint density at radius 3 is 2.72 bits per heavy atom. The Balaban J connectivity index is 1.62. The lowest BCUT2D eigenvalue weighted by molar-refractivity contribution is -0.116.